The average Bonchev–Trinajstić information content (AvgIpc) is 2.02. The van der Waals surface area contributed by atoms with Crippen molar-refractivity contribution in [2.75, 3.05) is 0 Å². The van der Waals surface area contributed by atoms with E-state index < -0.39 is 24.3 Å². The van der Waals surface area contributed by atoms with Crippen molar-refractivity contribution in [2.45, 2.75) is 38.1 Å². The van der Waals surface area contributed by atoms with Crippen LogP contribution in [0.15, 0.2) is 0 Å². The monoisotopic (exact) mass is 235 g/mol. The number of carbonyl (C=O) groups excluding carboxylic acids is 1. The second-order valence-corrected chi connectivity index (χ2v) is 2.80. The third-order valence-electron chi connectivity index (χ3n) is 1.44. The molecule has 0 amide bonds. The fourth-order valence-corrected chi connectivity index (χ4v) is 0.671. The molecule has 0 radical (unpaired) electrons. The Hall–Kier alpha value is -0.920. The van der Waals surface area contributed by atoms with Crippen LogP contribution < -0.4 is 5.73 Å². The zero-order chi connectivity index (χ0) is 12.3. The van der Waals surface area contributed by atoms with Gasteiger partial charge in [0.1, 0.15) is 0 Å². The summed E-state index contributed by atoms with van der Waals surface area (Å²) in [6.45, 7) is 1.61. The maximum absolute atomic E-state index is 12.3. The first-order chi connectivity index (χ1) is 6.63. The Labute approximate surface area is 82.4 Å². The maximum atomic E-state index is 12.3. The van der Waals surface area contributed by atoms with Crippen LogP contribution in [0.25, 0.3) is 0 Å². The van der Waals surface area contributed by atoms with Crippen LogP contribution in [0.5, 0.6) is 0 Å². The van der Waals surface area contributed by atoms with E-state index in [1.165, 1.54) is 0 Å². The van der Waals surface area contributed by atoms with Crippen LogP contribution >= 0.6 is 0 Å². The molecule has 1 atom stereocenters. The summed E-state index contributed by atoms with van der Waals surface area (Å²) < 4.78 is 63.2. The molecule has 3 nitrogen and oxygen atoms in total. The van der Waals surface area contributed by atoms with Crippen molar-refractivity contribution >= 4 is 5.97 Å². The first-order valence-electron chi connectivity index (χ1n) is 4.04. The fraction of sp³-hybridized carbons (Fsp3) is 0.857. The molecule has 0 rings (SSSR count). The summed E-state index contributed by atoms with van der Waals surface area (Å²) in [6, 6.07) is 0. The quantitative estimate of drug-likeness (QED) is 0.459. The lowest BCUT2D eigenvalue weighted by Crippen LogP contribution is -2.47. The van der Waals surface area contributed by atoms with Gasteiger partial charge in [-0.05, 0) is 6.42 Å². The number of carbonyl (C=O) groups is 1. The molecule has 0 aliphatic heterocycles. The number of nitrogens with two attached hydrogens (primary N) is 1. The normalized spacial score (nSPS) is 14.9. The standard InChI is InChI=1S/C7H10F5NO2/c1-2-3-4(13)15-5(14)6(8,9)7(10,11)12/h4H,2-3,13H2,1H3. The van der Waals surface area contributed by atoms with Crippen LogP contribution in [0, 0.1) is 0 Å². The van der Waals surface area contributed by atoms with Crippen LogP contribution in [0.4, 0.5) is 22.0 Å². The first kappa shape index (κ1) is 14.1. The van der Waals surface area contributed by atoms with E-state index in [1.807, 2.05) is 0 Å². The molecule has 2 N–H and O–H groups in total. The molecule has 8 heteroatoms. The van der Waals surface area contributed by atoms with Gasteiger partial charge in [0, 0.05) is 0 Å². The van der Waals surface area contributed by atoms with E-state index >= 15 is 0 Å². The molecule has 0 fully saturated rings. The Morgan fingerprint density at radius 2 is 1.80 bits per heavy atom. The van der Waals surface area contributed by atoms with E-state index in [1.54, 1.807) is 6.92 Å². The second kappa shape index (κ2) is 4.73. The molecule has 0 spiro atoms. The third-order valence-corrected chi connectivity index (χ3v) is 1.44. The van der Waals surface area contributed by atoms with E-state index in [9.17, 15) is 26.7 Å². The number of esters is 1. The third kappa shape index (κ3) is 3.61. The van der Waals surface area contributed by atoms with Gasteiger partial charge in [-0.15, -0.1) is 0 Å². The number of hydrogen-bond acceptors (Lipinski definition) is 3. The van der Waals surface area contributed by atoms with Crippen molar-refractivity contribution in [3.05, 3.63) is 0 Å². The van der Waals surface area contributed by atoms with Gasteiger partial charge in [0.15, 0.2) is 6.23 Å². The molecule has 15 heavy (non-hydrogen) atoms. The summed E-state index contributed by atoms with van der Waals surface area (Å²) in [7, 11) is 0. The Morgan fingerprint density at radius 3 is 2.13 bits per heavy atom. The zero-order valence-electron chi connectivity index (χ0n) is 7.78. The summed E-state index contributed by atoms with van der Waals surface area (Å²) in [5.74, 6) is -8.19. The summed E-state index contributed by atoms with van der Waals surface area (Å²) in [4.78, 5) is 10.4. The molecule has 0 bridgehead atoms. The number of alkyl halides is 5. The topological polar surface area (TPSA) is 52.3 Å². The lowest BCUT2D eigenvalue weighted by atomic mass is 10.3. The van der Waals surface area contributed by atoms with Crippen LogP contribution in [0.3, 0.4) is 0 Å². The van der Waals surface area contributed by atoms with Gasteiger partial charge in [-0.25, -0.2) is 4.79 Å². The zero-order valence-corrected chi connectivity index (χ0v) is 7.78. The van der Waals surface area contributed by atoms with Crippen molar-refractivity contribution in [2.24, 2.45) is 5.73 Å². The highest BCUT2D eigenvalue weighted by molar-refractivity contribution is 5.78. The SMILES string of the molecule is CCCC(N)OC(=O)C(F)(F)C(F)(F)F. The fourth-order valence-electron chi connectivity index (χ4n) is 0.671. The van der Waals surface area contributed by atoms with Gasteiger partial charge in [-0.3, -0.25) is 5.73 Å². The van der Waals surface area contributed by atoms with Crippen molar-refractivity contribution < 1.29 is 31.5 Å². The van der Waals surface area contributed by atoms with Gasteiger partial charge in [0.25, 0.3) is 0 Å². The largest absolute Gasteiger partial charge is 0.465 e. The highest BCUT2D eigenvalue weighted by atomic mass is 19.4. The number of hydrogen-bond donors (Lipinski definition) is 1. The minimum absolute atomic E-state index is 0.0136. The summed E-state index contributed by atoms with van der Waals surface area (Å²) in [6.07, 6.45) is -7.00. The Kier molecular flexibility index (Phi) is 4.44. The average molecular weight is 235 g/mol. The van der Waals surface area contributed by atoms with E-state index in [-0.39, 0.29) is 6.42 Å². The summed E-state index contributed by atoms with van der Waals surface area (Å²) in [5, 5.41) is 0. The van der Waals surface area contributed by atoms with E-state index in [4.69, 9.17) is 5.73 Å². The van der Waals surface area contributed by atoms with E-state index in [0.717, 1.165) is 0 Å². The van der Waals surface area contributed by atoms with Crippen LogP contribution in [0.2, 0.25) is 0 Å². The lowest BCUT2D eigenvalue weighted by molar-refractivity contribution is -0.282. The van der Waals surface area contributed by atoms with Crippen molar-refractivity contribution in [1.29, 1.82) is 0 Å². The van der Waals surface area contributed by atoms with Gasteiger partial charge in [0.2, 0.25) is 0 Å². The lowest BCUT2D eigenvalue weighted by Gasteiger charge is -2.20. The number of rotatable bonds is 4. The van der Waals surface area contributed by atoms with Gasteiger partial charge < -0.3 is 4.74 Å². The van der Waals surface area contributed by atoms with E-state index in [0.29, 0.717) is 6.42 Å². The van der Waals surface area contributed by atoms with Gasteiger partial charge in [0.05, 0.1) is 0 Å². The Bertz CT molecular complexity index is 228. The van der Waals surface area contributed by atoms with Gasteiger partial charge in [-0.1, -0.05) is 13.3 Å². The molecule has 0 heterocycles. The highest BCUT2D eigenvalue weighted by Gasteiger charge is 2.65. The van der Waals surface area contributed by atoms with Crippen LogP contribution in [-0.2, 0) is 9.53 Å². The highest BCUT2D eigenvalue weighted by Crippen LogP contribution is 2.36. The second-order valence-electron chi connectivity index (χ2n) is 2.80. The Balaban J connectivity index is 4.45. The molecule has 0 saturated carbocycles. The number of ether oxygens (including phenoxy) is 1. The summed E-state index contributed by atoms with van der Waals surface area (Å²) in [5.41, 5.74) is 4.98. The molecule has 0 aromatic carbocycles. The number of halogens is 5. The summed E-state index contributed by atoms with van der Waals surface area (Å²) >= 11 is 0. The molecular weight excluding hydrogens is 225 g/mol. The molecule has 90 valence electrons. The van der Waals surface area contributed by atoms with Gasteiger partial charge in [-0.2, -0.15) is 22.0 Å². The van der Waals surface area contributed by atoms with E-state index in [2.05, 4.69) is 4.74 Å². The van der Waals surface area contributed by atoms with Gasteiger partial charge >= 0.3 is 18.1 Å². The molecule has 0 saturated heterocycles. The van der Waals surface area contributed by atoms with Crippen molar-refractivity contribution in [1.82, 2.24) is 0 Å². The molecule has 0 aromatic heterocycles. The first-order valence-corrected chi connectivity index (χ1v) is 4.04. The predicted octanol–water partition coefficient (Wildman–Crippen LogP) is 1.81. The van der Waals surface area contributed by atoms with Crippen molar-refractivity contribution in [3.63, 3.8) is 0 Å². The van der Waals surface area contributed by atoms with Crippen molar-refractivity contribution in [3.8, 4) is 0 Å². The molecule has 0 aromatic rings. The Morgan fingerprint density at radius 1 is 1.33 bits per heavy atom. The molecule has 1 unspecified atom stereocenters. The predicted molar refractivity (Wildman–Crippen MR) is 40.0 cm³/mol. The minimum atomic E-state index is -5.96. The molecular formula is C7H10F5NO2. The van der Waals surface area contributed by atoms with Crippen LogP contribution in [-0.4, -0.2) is 24.3 Å². The molecule has 0 aliphatic rings. The van der Waals surface area contributed by atoms with Crippen LogP contribution in [0.1, 0.15) is 19.8 Å². The smallest absolute Gasteiger partial charge is 0.442 e. The minimum Gasteiger partial charge on any atom is -0.442 e. The molecule has 0 aliphatic carbocycles. The maximum Gasteiger partial charge on any atom is 0.465 e.